The van der Waals surface area contributed by atoms with Crippen molar-refractivity contribution in [3.63, 3.8) is 0 Å². The largest absolute Gasteiger partial charge is 0.496 e. The molecule has 2 aliphatic rings. The quantitative estimate of drug-likeness (QED) is 0.106. The van der Waals surface area contributed by atoms with E-state index in [1.807, 2.05) is 51.4 Å². The third kappa shape index (κ3) is 7.57. The Morgan fingerprint density at radius 2 is 1.38 bits per heavy atom. The lowest BCUT2D eigenvalue weighted by Gasteiger charge is -2.12. The highest BCUT2D eigenvalue weighted by molar-refractivity contribution is 6.14. The van der Waals surface area contributed by atoms with E-state index in [1.165, 1.54) is 0 Å². The van der Waals surface area contributed by atoms with Gasteiger partial charge in [0, 0.05) is 63.9 Å². The van der Waals surface area contributed by atoms with Crippen LogP contribution < -0.4 is 20.1 Å². The number of hydrogen-bond acceptors (Lipinski definition) is 14. The lowest BCUT2D eigenvalue weighted by atomic mass is 10.0. The zero-order valence-corrected chi connectivity index (χ0v) is 40.8. The molecule has 1 saturated carbocycles. The number of anilines is 4. The summed E-state index contributed by atoms with van der Waals surface area (Å²) >= 11 is 0. The van der Waals surface area contributed by atoms with Gasteiger partial charge in [0.1, 0.15) is 69.2 Å². The van der Waals surface area contributed by atoms with Crippen LogP contribution in [-0.2, 0) is 13.0 Å². The highest BCUT2D eigenvalue weighted by Gasteiger charge is 2.29. The average molecular weight is 929 g/mol. The number of aromatic nitrogens is 12. The van der Waals surface area contributed by atoms with Crippen molar-refractivity contribution in [2.45, 2.75) is 112 Å². The van der Waals surface area contributed by atoms with Crippen LogP contribution in [0.25, 0.3) is 66.1 Å². The van der Waals surface area contributed by atoms with Crippen molar-refractivity contribution in [1.29, 1.82) is 0 Å². The second-order valence-corrected chi connectivity index (χ2v) is 18.6. The van der Waals surface area contributed by atoms with Crippen molar-refractivity contribution in [2.24, 2.45) is 0 Å². The van der Waals surface area contributed by atoms with E-state index in [0.717, 1.165) is 173 Å². The SMILES string of the molecule is CCn1nc2cc1Nc1nc(nc3[nH]c4cc(-c5c(C)noc5C)c(OC)cc4c13)CCC2C.COc1cc2c(cc1-c1c(C)noc1C)[nH]c1nc(C)nc(Nc3cc(C(C)C)nn3C3CC3)c12. The summed E-state index contributed by atoms with van der Waals surface area (Å²) < 4.78 is 26.6. The molecule has 0 saturated heterocycles. The Kier molecular flexibility index (Phi) is 10.6. The number of H-pyrrole nitrogens is 2. The highest BCUT2D eigenvalue weighted by atomic mass is 16.5. The lowest BCUT2D eigenvalue weighted by Crippen LogP contribution is -2.06. The molecule has 10 aromatic rings. The van der Waals surface area contributed by atoms with Crippen LogP contribution in [0.1, 0.15) is 111 Å². The van der Waals surface area contributed by atoms with Crippen LogP contribution in [0.3, 0.4) is 0 Å². The fourth-order valence-electron chi connectivity index (χ4n) is 9.70. The van der Waals surface area contributed by atoms with Crippen molar-refractivity contribution < 1.29 is 18.5 Å². The minimum atomic E-state index is 0.332. The summed E-state index contributed by atoms with van der Waals surface area (Å²) in [6, 6.07) is 13.0. The molecule has 1 fully saturated rings. The maximum absolute atomic E-state index is 5.82. The second kappa shape index (κ2) is 16.8. The minimum Gasteiger partial charge on any atom is -0.496 e. The third-order valence-corrected chi connectivity index (χ3v) is 13.4. The van der Waals surface area contributed by atoms with E-state index in [-0.39, 0.29) is 0 Å². The molecule has 8 aromatic heterocycles. The van der Waals surface area contributed by atoms with Gasteiger partial charge >= 0.3 is 0 Å². The Hall–Kier alpha value is -7.76. The van der Waals surface area contributed by atoms with Crippen molar-refractivity contribution >= 4 is 67.1 Å². The Balaban J connectivity index is 0.000000151. The van der Waals surface area contributed by atoms with E-state index >= 15 is 0 Å². The Labute approximate surface area is 397 Å². The minimum absolute atomic E-state index is 0.332. The zero-order chi connectivity index (χ0) is 48.0. The van der Waals surface area contributed by atoms with Crippen molar-refractivity contribution in [3.8, 4) is 33.8 Å². The molecular weight excluding hydrogens is 873 g/mol. The van der Waals surface area contributed by atoms with Crippen LogP contribution in [-0.4, -0.2) is 74.0 Å². The van der Waals surface area contributed by atoms with Gasteiger partial charge in [-0.3, -0.25) is 0 Å². The summed E-state index contributed by atoms with van der Waals surface area (Å²) in [4.78, 5) is 26.3. The number of nitrogens with one attached hydrogen (secondary N) is 4. The van der Waals surface area contributed by atoms with Crippen LogP contribution in [0.15, 0.2) is 45.4 Å². The molecule has 1 unspecified atom stereocenters. The molecule has 0 spiro atoms. The van der Waals surface area contributed by atoms with Crippen molar-refractivity contribution in [1.82, 2.24) is 59.8 Å². The molecule has 9 heterocycles. The molecule has 12 rings (SSSR count). The molecule has 1 atom stereocenters. The Bertz CT molecular complexity index is 3580. The van der Waals surface area contributed by atoms with E-state index in [0.29, 0.717) is 23.7 Å². The van der Waals surface area contributed by atoms with Crippen LogP contribution in [0.2, 0.25) is 0 Å². The van der Waals surface area contributed by atoms with Crippen LogP contribution in [0.4, 0.5) is 23.3 Å². The molecule has 1 aliphatic carbocycles. The standard InChI is InChI=1S/C26H29N7O2.C25H27N7O2/c1-12(2)19-11-22(33(31-19)16-7-8-16)30-26-24-17-10-21(34-6)18(23-13(3)32-35-14(23)4)9-20(17)29-25(24)27-15(5)28-26;1-6-32-21-11-17(30-32)12(2)7-8-20-27-24-23(25(28-20)29-21)15-10-19(33-5)16(9-18(15)26-24)22-13(3)31-34-14(22)4/h9-12,16H,7-8H2,1-6H3,(H2,27,28,29,30);9-12H,6-8H2,1-5H3,(H2,26,27,28,29). The number of rotatable bonds is 9. The summed E-state index contributed by atoms with van der Waals surface area (Å²) in [6.45, 7) is 19.0. The number of fused-ring (bicyclic) bond motifs is 11. The fourth-order valence-corrected chi connectivity index (χ4v) is 9.70. The number of nitrogens with zero attached hydrogens (tertiary/aromatic N) is 10. The molecule has 18 heteroatoms. The first-order valence-corrected chi connectivity index (χ1v) is 23.7. The van der Waals surface area contributed by atoms with Crippen LogP contribution >= 0.6 is 0 Å². The van der Waals surface area contributed by atoms with Crippen molar-refractivity contribution in [2.75, 3.05) is 24.9 Å². The van der Waals surface area contributed by atoms with Crippen molar-refractivity contribution in [3.05, 3.63) is 82.3 Å². The van der Waals surface area contributed by atoms with Gasteiger partial charge in [-0.15, -0.1) is 0 Å². The summed E-state index contributed by atoms with van der Waals surface area (Å²) in [6.07, 6.45) is 4.03. The molecule has 2 aromatic carbocycles. The predicted octanol–water partition coefficient (Wildman–Crippen LogP) is 11.5. The van der Waals surface area contributed by atoms with E-state index in [2.05, 4.69) is 87.6 Å². The van der Waals surface area contributed by atoms with Crippen LogP contribution in [0.5, 0.6) is 11.5 Å². The highest BCUT2D eigenvalue weighted by Crippen LogP contribution is 2.44. The molecule has 4 N–H and O–H groups in total. The summed E-state index contributed by atoms with van der Waals surface area (Å²) in [7, 11) is 3.36. The molecular formula is C51H56N14O4. The molecule has 69 heavy (non-hydrogen) atoms. The van der Waals surface area contributed by atoms with Gasteiger partial charge in [-0.2, -0.15) is 10.2 Å². The first-order valence-electron chi connectivity index (χ1n) is 23.7. The molecule has 0 radical (unpaired) electrons. The topological polar surface area (TPSA) is 213 Å². The maximum Gasteiger partial charge on any atom is 0.145 e. The first kappa shape index (κ1) is 43.8. The summed E-state index contributed by atoms with van der Waals surface area (Å²) in [5, 5.41) is 28.9. The second-order valence-electron chi connectivity index (χ2n) is 18.6. The van der Waals surface area contributed by atoms with Gasteiger partial charge in [0.05, 0.1) is 64.9 Å². The van der Waals surface area contributed by atoms with E-state index in [1.54, 1.807) is 14.2 Å². The molecule has 1 aliphatic heterocycles. The van der Waals surface area contributed by atoms with Gasteiger partial charge in [-0.05, 0) is 91.0 Å². The van der Waals surface area contributed by atoms with Gasteiger partial charge < -0.3 is 39.1 Å². The van der Waals surface area contributed by atoms with Gasteiger partial charge in [0.25, 0.3) is 0 Å². The molecule has 18 nitrogen and oxygen atoms in total. The molecule has 354 valence electrons. The predicted molar refractivity (Wildman–Crippen MR) is 266 cm³/mol. The van der Waals surface area contributed by atoms with Gasteiger partial charge in [0.2, 0.25) is 0 Å². The van der Waals surface area contributed by atoms with Crippen LogP contribution in [0, 0.1) is 34.6 Å². The van der Waals surface area contributed by atoms with Gasteiger partial charge in [0.15, 0.2) is 0 Å². The Morgan fingerprint density at radius 3 is 1.94 bits per heavy atom. The molecule has 4 bridgehead atoms. The number of ether oxygens (including phenoxy) is 2. The van der Waals surface area contributed by atoms with Gasteiger partial charge in [-0.1, -0.05) is 31.1 Å². The van der Waals surface area contributed by atoms with E-state index in [4.69, 9.17) is 48.7 Å². The number of aryl methyl sites for hydroxylation is 7. The zero-order valence-electron chi connectivity index (χ0n) is 40.8. The van der Waals surface area contributed by atoms with E-state index in [9.17, 15) is 0 Å². The first-order chi connectivity index (χ1) is 33.3. The molecule has 0 amide bonds. The average Bonchev–Trinajstić information content (AvgIpc) is 3.74. The normalized spacial score (nSPS) is 14.8. The maximum atomic E-state index is 5.82. The lowest BCUT2D eigenvalue weighted by molar-refractivity contribution is 0.393. The smallest absolute Gasteiger partial charge is 0.145 e. The van der Waals surface area contributed by atoms with Gasteiger partial charge in [-0.25, -0.2) is 29.3 Å². The number of benzene rings is 2. The monoisotopic (exact) mass is 928 g/mol. The number of methoxy groups -OCH3 is 2. The van der Waals surface area contributed by atoms with E-state index < -0.39 is 0 Å². The number of aromatic amines is 2. The Morgan fingerprint density at radius 1 is 0.754 bits per heavy atom. The third-order valence-electron chi connectivity index (χ3n) is 13.4. The summed E-state index contributed by atoms with van der Waals surface area (Å²) in [5.41, 5.74) is 11.0. The number of hydrogen-bond donors (Lipinski definition) is 4. The fraction of sp³-hybridized carbons (Fsp3) is 0.373. The summed E-state index contributed by atoms with van der Waals surface area (Å²) in [5.74, 6) is 8.60.